The van der Waals surface area contributed by atoms with Crippen LogP contribution in [0.3, 0.4) is 0 Å². The molecule has 0 spiro atoms. The number of likely N-dealkylation sites (tertiary alicyclic amines) is 1. The fourth-order valence-electron chi connectivity index (χ4n) is 3.86. The molecule has 5 heteroatoms. The normalized spacial score (nSPS) is 21.1. The zero-order valence-electron chi connectivity index (χ0n) is 12.8. The zero-order valence-corrected chi connectivity index (χ0v) is 12.8. The van der Waals surface area contributed by atoms with E-state index in [1.807, 2.05) is 0 Å². The molecule has 120 valence electrons. The molecule has 1 saturated heterocycles. The Bertz CT molecular complexity index is 550. The van der Waals surface area contributed by atoms with Crippen molar-refractivity contribution in [2.45, 2.75) is 44.1 Å². The quantitative estimate of drug-likeness (QED) is 0.899. The summed E-state index contributed by atoms with van der Waals surface area (Å²) in [7, 11) is 0. The maximum atomic E-state index is 13.8. The Balaban J connectivity index is 1.68. The van der Waals surface area contributed by atoms with E-state index in [2.05, 4.69) is 10.2 Å². The predicted octanol–water partition coefficient (Wildman–Crippen LogP) is 2.67. The van der Waals surface area contributed by atoms with Crippen LogP contribution in [0.5, 0.6) is 5.75 Å². The van der Waals surface area contributed by atoms with Crippen LogP contribution < -0.4 is 5.32 Å². The van der Waals surface area contributed by atoms with Gasteiger partial charge in [-0.05, 0) is 50.9 Å². The molecule has 0 aromatic heterocycles. The molecule has 1 saturated carbocycles. The summed E-state index contributed by atoms with van der Waals surface area (Å²) < 4.78 is 13.8. The van der Waals surface area contributed by atoms with Crippen molar-refractivity contribution in [3.63, 3.8) is 0 Å². The van der Waals surface area contributed by atoms with Crippen molar-refractivity contribution in [3.05, 3.63) is 29.6 Å². The molecule has 1 amide bonds. The number of benzene rings is 1. The number of phenols is 1. The van der Waals surface area contributed by atoms with Gasteiger partial charge in [0.05, 0.1) is 5.56 Å². The summed E-state index contributed by atoms with van der Waals surface area (Å²) in [5, 5.41) is 12.1. The van der Waals surface area contributed by atoms with Gasteiger partial charge in [0.25, 0.3) is 5.91 Å². The second-order valence-corrected chi connectivity index (χ2v) is 6.47. The molecule has 2 N–H and O–H groups in total. The number of halogens is 1. The Morgan fingerprint density at radius 2 is 1.91 bits per heavy atom. The highest BCUT2D eigenvalue weighted by molar-refractivity contribution is 5.94. The zero-order chi connectivity index (χ0) is 15.6. The molecule has 0 radical (unpaired) electrons. The number of carbonyl (C=O) groups excluding carboxylic acids is 1. The summed E-state index contributed by atoms with van der Waals surface area (Å²) >= 11 is 0. The van der Waals surface area contributed by atoms with Gasteiger partial charge in [-0.3, -0.25) is 9.69 Å². The summed E-state index contributed by atoms with van der Waals surface area (Å²) in [5.41, 5.74) is 0.0480. The maximum absolute atomic E-state index is 13.8. The van der Waals surface area contributed by atoms with Gasteiger partial charge in [0.2, 0.25) is 0 Å². The average Bonchev–Trinajstić information content (AvgIpc) is 3.17. The van der Waals surface area contributed by atoms with Gasteiger partial charge in [-0.15, -0.1) is 0 Å². The van der Waals surface area contributed by atoms with Gasteiger partial charge in [0.15, 0.2) is 0 Å². The van der Waals surface area contributed by atoms with Crippen LogP contribution in [0, 0.1) is 5.82 Å². The fourth-order valence-corrected chi connectivity index (χ4v) is 3.86. The third-order valence-corrected chi connectivity index (χ3v) is 5.09. The molecule has 1 aromatic carbocycles. The molecular formula is C17H23FN2O2. The molecule has 2 fully saturated rings. The third kappa shape index (κ3) is 2.95. The minimum absolute atomic E-state index is 0.00707. The van der Waals surface area contributed by atoms with Crippen molar-refractivity contribution in [1.82, 2.24) is 10.2 Å². The van der Waals surface area contributed by atoms with Crippen molar-refractivity contribution in [2.24, 2.45) is 0 Å². The molecule has 1 aliphatic carbocycles. The number of carbonyl (C=O) groups is 1. The molecule has 3 rings (SSSR count). The Hall–Kier alpha value is -1.62. The first-order valence-electron chi connectivity index (χ1n) is 8.13. The highest BCUT2D eigenvalue weighted by atomic mass is 19.1. The van der Waals surface area contributed by atoms with E-state index in [9.17, 15) is 14.3 Å². The van der Waals surface area contributed by atoms with Gasteiger partial charge in [0.1, 0.15) is 11.6 Å². The van der Waals surface area contributed by atoms with E-state index in [1.165, 1.54) is 37.8 Å². The van der Waals surface area contributed by atoms with Crippen molar-refractivity contribution in [1.29, 1.82) is 0 Å². The van der Waals surface area contributed by atoms with Crippen LogP contribution in [-0.4, -0.2) is 41.1 Å². The van der Waals surface area contributed by atoms with Gasteiger partial charge >= 0.3 is 0 Å². The first kappa shape index (κ1) is 15.3. The van der Waals surface area contributed by atoms with Crippen molar-refractivity contribution < 1.29 is 14.3 Å². The Morgan fingerprint density at radius 1 is 1.23 bits per heavy atom. The number of phenolic OH excluding ortho intramolecular Hbond substituents is 1. The molecule has 0 unspecified atom stereocenters. The highest BCUT2D eigenvalue weighted by Gasteiger charge is 2.40. The predicted molar refractivity (Wildman–Crippen MR) is 82.4 cm³/mol. The van der Waals surface area contributed by atoms with Crippen LogP contribution in [-0.2, 0) is 0 Å². The van der Waals surface area contributed by atoms with Gasteiger partial charge in [-0.2, -0.15) is 0 Å². The summed E-state index contributed by atoms with van der Waals surface area (Å²) in [6, 6.07) is 3.64. The topological polar surface area (TPSA) is 52.6 Å². The van der Waals surface area contributed by atoms with Gasteiger partial charge in [-0.25, -0.2) is 4.39 Å². The minimum atomic E-state index is -0.681. The van der Waals surface area contributed by atoms with Crippen molar-refractivity contribution in [2.75, 3.05) is 19.6 Å². The number of hydrogen-bond acceptors (Lipinski definition) is 3. The maximum Gasteiger partial charge on any atom is 0.254 e. The minimum Gasteiger partial charge on any atom is -0.508 e. The van der Waals surface area contributed by atoms with Gasteiger partial charge in [0, 0.05) is 18.2 Å². The largest absolute Gasteiger partial charge is 0.508 e. The Kier molecular flexibility index (Phi) is 4.34. The molecular weight excluding hydrogens is 283 g/mol. The lowest BCUT2D eigenvalue weighted by Crippen LogP contribution is -2.53. The number of nitrogens with zero attached hydrogens (tertiary/aromatic N) is 1. The average molecular weight is 306 g/mol. The second-order valence-electron chi connectivity index (χ2n) is 6.47. The van der Waals surface area contributed by atoms with Crippen LogP contribution in [0.15, 0.2) is 18.2 Å². The first-order valence-corrected chi connectivity index (χ1v) is 8.13. The standard InChI is InChI=1S/C17H23FN2O2/c18-15-11-13(21)5-6-14(15)16(22)19-12-17(7-1-2-8-17)20-9-3-4-10-20/h5-6,11,21H,1-4,7-10,12H2,(H,19,22). The van der Waals surface area contributed by atoms with Crippen molar-refractivity contribution >= 4 is 5.91 Å². The van der Waals surface area contributed by atoms with E-state index in [0.29, 0.717) is 6.54 Å². The lowest BCUT2D eigenvalue weighted by molar-refractivity contribution is 0.0857. The lowest BCUT2D eigenvalue weighted by atomic mass is 9.95. The van der Waals surface area contributed by atoms with Crippen LogP contribution in [0.2, 0.25) is 0 Å². The van der Waals surface area contributed by atoms with E-state index in [0.717, 1.165) is 32.0 Å². The molecule has 1 heterocycles. The number of hydrogen-bond donors (Lipinski definition) is 2. The molecule has 1 aliphatic heterocycles. The van der Waals surface area contributed by atoms with Gasteiger partial charge < -0.3 is 10.4 Å². The molecule has 0 atom stereocenters. The Labute approximate surface area is 130 Å². The van der Waals surface area contributed by atoms with E-state index >= 15 is 0 Å². The third-order valence-electron chi connectivity index (χ3n) is 5.09. The number of aromatic hydroxyl groups is 1. The monoisotopic (exact) mass is 306 g/mol. The molecule has 2 aliphatic rings. The van der Waals surface area contributed by atoms with E-state index in [-0.39, 0.29) is 16.9 Å². The SMILES string of the molecule is O=C(NCC1(N2CCCC2)CCCC1)c1ccc(O)cc1F. The van der Waals surface area contributed by atoms with Crippen molar-refractivity contribution in [3.8, 4) is 5.75 Å². The fraction of sp³-hybridized carbons (Fsp3) is 0.588. The highest BCUT2D eigenvalue weighted by Crippen LogP contribution is 2.37. The summed E-state index contributed by atoms with van der Waals surface area (Å²) in [4.78, 5) is 14.7. The summed E-state index contributed by atoms with van der Waals surface area (Å²) in [6.45, 7) is 2.78. The van der Waals surface area contributed by atoms with Crippen LogP contribution in [0.25, 0.3) is 0 Å². The lowest BCUT2D eigenvalue weighted by Gasteiger charge is -2.39. The summed E-state index contributed by atoms with van der Waals surface area (Å²) in [6.07, 6.45) is 7.04. The van der Waals surface area contributed by atoms with Crippen LogP contribution in [0.4, 0.5) is 4.39 Å². The number of amides is 1. The summed E-state index contributed by atoms with van der Waals surface area (Å²) in [5.74, 6) is -1.25. The smallest absolute Gasteiger partial charge is 0.254 e. The van der Waals surface area contributed by atoms with E-state index < -0.39 is 11.7 Å². The van der Waals surface area contributed by atoms with E-state index in [1.54, 1.807) is 0 Å². The molecule has 4 nitrogen and oxygen atoms in total. The molecule has 0 bridgehead atoms. The number of nitrogens with one attached hydrogen (secondary N) is 1. The molecule has 22 heavy (non-hydrogen) atoms. The second kappa shape index (κ2) is 6.24. The molecule has 1 aromatic rings. The first-order chi connectivity index (χ1) is 10.6. The van der Waals surface area contributed by atoms with Crippen LogP contribution in [0.1, 0.15) is 48.9 Å². The number of rotatable bonds is 4. The van der Waals surface area contributed by atoms with Crippen LogP contribution >= 0.6 is 0 Å². The van der Waals surface area contributed by atoms with E-state index in [4.69, 9.17) is 0 Å². The Morgan fingerprint density at radius 3 is 2.55 bits per heavy atom. The van der Waals surface area contributed by atoms with Gasteiger partial charge in [-0.1, -0.05) is 12.8 Å².